The molecule has 20 heavy (non-hydrogen) atoms. The molecule has 0 amide bonds. The first-order valence-corrected chi connectivity index (χ1v) is 7.78. The third kappa shape index (κ3) is 3.16. The van der Waals surface area contributed by atoms with Crippen LogP contribution < -0.4 is 0 Å². The fourth-order valence-electron chi connectivity index (χ4n) is 1.65. The van der Waals surface area contributed by atoms with Gasteiger partial charge in [0.2, 0.25) is 0 Å². The molecule has 0 spiro atoms. The van der Waals surface area contributed by atoms with Crippen molar-refractivity contribution in [3.63, 3.8) is 0 Å². The van der Waals surface area contributed by atoms with E-state index in [-0.39, 0.29) is 5.75 Å². The molecule has 0 aliphatic rings. The quantitative estimate of drug-likeness (QED) is 0.827. The molecule has 1 N–H and O–H groups in total. The number of hydrogen-bond acceptors (Lipinski definition) is 4. The highest BCUT2D eigenvalue weighted by atomic mass is 79.9. The Hall–Kier alpha value is -1.05. The minimum atomic E-state index is -0.900. The zero-order valence-corrected chi connectivity index (χ0v) is 13.9. The Labute approximate surface area is 133 Å². The average molecular weight is 377 g/mol. The SMILES string of the molecule is Cc1cc(Br)c(-n2c(C)nnc2SCC(=O)O)cc1Cl. The number of hydrogen-bond donors (Lipinski definition) is 1. The number of benzene rings is 1. The molecule has 0 atom stereocenters. The van der Waals surface area contributed by atoms with Crippen LogP contribution in [0.5, 0.6) is 0 Å². The number of carboxylic acids is 1. The average Bonchev–Trinajstić information content (AvgIpc) is 2.73. The Bertz CT molecular complexity index is 675. The van der Waals surface area contributed by atoms with E-state index in [0.717, 1.165) is 27.5 Å². The van der Waals surface area contributed by atoms with E-state index in [1.165, 1.54) is 0 Å². The molecule has 0 saturated carbocycles. The second-order valence-electron chi connectivity index (χ2n) is 4.10. The predicted octanol–water partition coefficient (Wildman–Crippen LogP) is 3.48. The van der Waals surface area contributed by atoms with Crippen molar-refractivity contribution in [2.45, 2.75) is 19.0 Å². The molecule has 106 valence electrons. The number of rotatable bonds is 4. The van der Waals surface area contributed by atoms with Gasteiger partial charge in [0, 0.05) is 9.50 Å². The Balaban J connectivity index is 2.49. The van der Waals surface area contributed by atoms with Gasteiger partial charge in [-0.15, -0.1) is 10.2 Å². The smallest absolute Gasteiger partial charge is 0.313 e. The Kier molecular flexibility index (Phi) is 4.72. The van der Waals surface area contributed by atoms with Crippen LogP contribution in [0.3, 0.4) is 0 Å². The zero-order valence-electron chi connectivity index (χ0n) is 10.7. The van der Waals surface area contributed by atoms with Crippen molar-refractivity contribution in [2.24, 2.45) is 0 Å². The summed E-state index contributed by atoms with van der Waals surface area (Å²) in [7, 11) is 0. The summed E-state index contributed by atoms with van der Waals surface area (Å²) >= 11 is 10.8. The minimum absolute atomic E-state index is 0.0741. The standard InChI is InChI=1S/C12H11BrClN3O2S/c1-6-3-8(13)10(4-9(6)14)17-7(2)15-16-12(17)20-5-11(18)19/h3-4H,5H2,1-2H3,(H,18,19). The van der Waals surface area contributed by atoms with Crippen molar-refractivity contribution in [3.05, 3.63) is 33.0 Å². The van der Waals surface area contributed by atoms with E-state index < -0.39 is 5.97 Å². The zero-order chi connectivity index (χ0) is 14.9. The summed E-state index contributed by atoms with van der Waals surface area (Å²) in [6, 6.07) is 3.71. The van der Waals surface area contributed by atoms with Crippen LogP contribution in [0.2, 0.25) is 5.02 Å². The normalized spacial score (nSPS) is 10.8. The molecule has 1 aromatic carbocycles. The van der Waals surface area contributed by atoms with Crippen LogP contribution >= 0.6 is 39.3 Å². The molecule has 2 aromatic rings. The first kappa shape index (κ1) is 15.3. The van der Waals surface area contributed by atoms with Gasteiger partial charge in [-0.05, 0) is 47.5 Å². The van der Waals surface area contributed by atoms with Crippen molar-refractivity contribution in [3.8, 4) is 5.69 Å². The van der Waals surface area contributed by atoms with Crippen LogP contribution in [0.1, 0.15) is 11.4 Å². The Morgan fingerprint density at radius 3 is 2.80 bits per heavy atom. The molecule has 0 saturated heterocycles. The van der Waals surface area contributed by atoms with Crippen molar-refractivity contribution in [1.82, 2.24) is 14.8 Å². The van der Waals surface area contributed by atoms with Crippen LogP contribution in [-0.4, -0.2) is 31.6 Å². The summed E-state index contributed by atoms with van der Waals surface area (Å²) in [5, 5.41) is 17.9. The summed E-state index contributed by atoms with van der Waals surface area (Å²) in [5.41, 5.74) is 1.74. The lowest BCUT2D eigenvalue weighted by Gasteiger charge is -2.11. The van der Waals surface area contributed by atoms with Crippen LogP contribution in [0.25, 0.3) is 5.69 Å². The molecule has 0 unspecified atom stereocenters. The molecule has 0 fully saturated rings. The van der Waals surface area contributed by atoms with Crippen LogP contribution in [0.4, 0.5) is 0 Å². The number of aliphatic carboxylic acids is 1. The molecule has 0 bridgehead atoms. The number of nitrogens with zero attached hydrogens (tertiary/aromatic N) is 3. The van der Waals surface area contributed by atoms with E-state index in [9.17, 15) is 4.79 Å². The molecular formula is C12H11BrClN3O2S. The van der Waals surface area contributed by atoms with E-state index in [0.29, 0.717) is 16.0 Å². The predicted molar refractivity (Wildman–Crippen MR) is 81.9 cm³/mol. The number of aryl methyl sites for hydroxylation is 2. The summed E-state index contributed by atoms with van der Waals surface area (Å²) < 4.78 is 2.63. The Morgan fingerprint density at radius 1 is 1.45 bits per heavy atom. The topological polar surface area (TPSA) is 68.0 Å². The second kappa shape index (κ2) is 6.15. The number of carbonyl (C=O) groups is 1. The lowest BCUT2D eigenvalue weighted by molar-refractivity contribution is -0.133. The molecule has 2 rings (SSSR count). The van der Waals surface area contributed by atoms with Gasteiger partial charge < -0.3 is 5.11 Å². The lowest BCUT2D eigenvalue weighted by Crippen LogP contribution is -2.04. The van der Waals surface area contributed by atoms with Crippen molar-refractivity contribution < 1.29 is 9.90 Å². The molecule has 0 aliphatic carbocycles. The maximum atomic E-state index is 10.7. The van der Waals surface area contributed by atoms with E-state index in [1.54, 1.807) is 11.5 Å². The van der Waals surface area contributed by atoms with Crippen LogP contribution in [0, 0.1) is 13.8 Å². The lowest BCUT2D eigenvalue weighted by atomic mass is 10.2. The molecular weight excluding hydrogens is 366 g/mol. The molecule has 0 radical (unpaired) electrons. The van der Waals surface area contributed by atoms with Crippen LogP contribution in [-0.2, 0) is 4.79 Å². The third-order valence-corrected chi connectivity index (χ3v) is 4.54. The summed E-state index contributed by atoms with van der Waals surface area (Å²) in [6.07, 6.45) is 0. The van der Waals surface area contributed by atoms with Crippen LogP contribution in [0.15, 0.2) is 21.8 Å². The second-order valence-corrected chi connectivity index (χ2v) is 6.30. The summed E-state index contributed by atoms with van der Waals surface area (Å²) in [4.78, 5) is 10.7. The Morgan fingerprint density at radius 2 is 2.15 bits per heavy atom. The summed E-state index contributed by atoms with van der Waals surface area (Å²) in [5.74, 6) is -0.309. The third-order valence-electron chi connectivity index (χ3n) is 2.59. The molecule has 1 aromatic heterocycles. The maximum absolute atomic E-state index is 10.7. The molecule has 0 aliphatic heterocycles. The van der Waals surface area contributed by atoms with Gasteiger partial charge in [0.1, 0.15) is 5.82 Å². The number of halogens is 2. The van der Waals surface area contributed by atoms with E-state index in [2.05, 4.69) is 26.1 Å². The van der Waals surface area contributed by atoms with Gasteiger partial charge in [0.15, 0.2) is 5.16 Å². The fraction of sp³-hybridized carbons (Fsp3) is 0.250. The van der Waals surface area contributed by atoms with E-state index in [1.807, 2.05) is 19.1 Å². The van der Waals surface area contributed by atoms with Gasteiger partial charge in [-0.2, -0.15) is 0 Å². The first-order valence-electron chi connectivity index (χ1n) is 5.62. The number of carboxylic acid groups (broad SMARTS) is 1. The molecule has 5 nitrogen and oxygen atoms in total. The summed E-state index contributed by atoms with van der Waals surface area (Å²) in [6.45, 7) is 3.72. The van der Waals surface area contributed by atoms with Gasteiger partial charge in [0.25, 0.3) is 0 Å². The van der Waals surface area contributed by atoms with E-state index in [4.69, 9.17) is 16.7 Å². The van der Waals surface area contributed by atoms with Crippen molar-refractivity contribution in [1.29, 1.82) is 0 Å². The van der Waals surface area contributed by atoms with Gasteiger partial charge in [-0.25, -0.2) is 0 Å². The van der Waals surface area contributed by atoms with Gasteiger partial charge in [-0.1, -0.05) is 23.4 Å². The maximum Gasteiger partial charge on any atom is 0.313 e. The van der Waals surface area contributed by atoms with Gasteiger partial charge in [-0.3, -0.25) is 9.36 Å². The van der Waals surface area contributed by atoms with Gasteiger partial charge >= 0.3 is 5.97 Å². The van der Waals surface area contributed by atoms with Crippen molar-refractivity contribution >= 4 is 45.3 Å². The molecule has 8 heteroatoms. The highest BCUT2D eigenvalue weighted by molar-refractivity contribution is 9.10. The van der Waals surface area contributed by atoms with Gasteiger partial charge in [0.05, 0.1) is 11.4 Å². The van der Waals surface area contributed by atoms with Crippen molar-refractivity contribution in [2.75, 3.05) is 5.75 Å². The first-order chi connectivity index (χ1) is 9.40. The monoisotopic (exact) mass is 375 g/mol. The highest BCUT2D eigenvalue weighted by Gasteiger charge is 2.16. The highest BCUT2D eigenvalue weighted by Crippen LogP contribution is 2.31. The fourth-order valence-corrected chi connectivity index (χ4v) is 3.15. The van der Waals surface area contributed by atoms with E-state index >= 15 is 0 Å². The number of aromatic nitrogens is 3. The number of thioether (sulfide) groups is 1. The molecule has 1 heterocycles. The minimum Gasteiger partial charge on any atom is -0.481 e. The largest absolute Gasteiger partial charge is 0.481 e.